The molecule has 3 rings (SSSR count). The highest BCUT2D eigenvalue weighted by Gasteiger charge is 2.08. The third kappa shape index (κ3) is 2.29. The molecule has 1 aromatic carbocycles. The molecule has 0 aliphatic carbocycles. The van der Waals surface area contributed by atoms with Gasteiger partial charge in [-0.2, -0.15) is 4.39 Å². The van der Waals surface area contributed by atoms with Crippen molar-refractivity contribution >= 4 is 27.4 Å². The molecule has 3 nitrogen and oxygen atoms in total. The zero-order chi connectivity index (χ0) is 13.4. The molecule has 19 heavy (non-hydrogen) atoms. The molecule has 0 aliphatic rings. The van der Waals surface area contributed by atoms with E-state index in [0.29, 0.717) is 4.83 Å². The predicted molar refractivity (Wildman–Crippen MR) is 77.1 cm³/mol. The van der Waals surface area contributed by atoms with E-state index in [1.807, 2.05) is 43.3 Å². The molecular formula is C14H12FN3S. The maximum absolute atomic E-state index is 13.1. The fourth-order valence-corrected chi connectivity index (χ4v) is 2.75. The van der Waals surface area contributed by atoms with Crippen LogP contribution in [-0.4, -0.2) is 24.1 Å². The van der Waals surface area contributed by atoms with E-state index >= 15 is 0 Å². The van der Waals surface area contributed by atoms with Crippen LogP contribution in [0.3, 0.4) is 0 Å². The average molecular weight is 272 g/mol. The van der Waals surface area contributed by atoms with Gasteiger partial charge in [0.25, 0.3) is 0 Å². The number of hydrogen-bond acceptors (Lipinski definition) is 4. The molecule has 5 heteroatoms. The van der Waals surface area contributed by atoms with Gasteiger partial charge in [0.2, 0.25) is 5.95 Å². The lowest BCUT2D eigenvalue weighted by Gasteiger charge is -2.11. The van der Waals surface area contributed by atoms with E-state index in [0.717, 1.165) is 21.8 Å². The zero-order valence-electron chi connectivity index (χ0n) is 10.6. The van der Waals surface area contributed by atoms with E-state index in [1.54, 1.807) is 6.07 Å². The molecule has 3 aromatic rings. The van der Waals surface area contributed by atoms with Gasteiger partial charge in [0.1, 0.15) is 15.4 Å². The Kier molecular flexibility index (Phi) is 2.91. The van der Waals surface area contributed by atoms with Gasteiger partial charge in [-0.1, -0.05) is 11.3 Å². The van der Waals surface area contributed by atoms with Crippen LogP contribution in [0.1, 0.15) is 0 Å². The van der Waals surface area contributed by atoms with Gasteiger partial charge in [0, 0.05) is 25.3 Å². The van der Waals surface area contributed by atoms with Crippen LogP contribution in [0.4, 0.5) is 10.1 Å². The summed E-state index contributed by atoms with van der Waals surface area (Å²) in [5.41, 5.74) is 2.89. The van der Waals surface area contributed by atoms with E-state index < -0.39 is 5.95 Å². The summed E-state index contributed by atoms with van der Waals surface area (Å²) in [6.45, 7) is 0. The number of fused-ring (bicyclic) bond motifs is 1. The minimum Gasteiger partial charge on any atom is -0.378 e. The number of aromatic nitrogens is 2. The maximum Gasteiger partial charge on any atom is 0.214 e. The van der Waals surface area contributed by atoms with Crippen LogP contribution in [0, 0.1) is 5.95 Å². The molecule has 0 radical (unpaired) electrons. The fourth-order valence-electron chi connectivity index (χ4n) is 1.82. The van der Waals surface area contributed by atoms with Crippen LogP contribution in [0.15, 0.2) is 36.4 Å². The van der Waals surface area contributed by atoms with Crippen LogP contribution in [-0.2, 0) is 0 Å². The van der Waals surface area contributed by atoms with E-state index in [1.165, 1.54) is 17.4 Å². The van der Waals surface area contributed by atoms with Gasteiger partial charge in [-0.25, -0.2) is 9.97 Å². The third-order valence-corrected chi connectivity index (χ3v) is 3.87. The first-order valence-electron chi connectivity index (χ1n) is 5.84. The lowest BCUT2D eigenvalue weighted by atomic mass is 10.2. The average Bonchev–Trinajstić information content (AvgIpc) is 2.81. The number of anilines is 1. The highest BCUT2D eigenvalue weighted by Crippen LogP contribution is 2.30. The molecule has 2 aromatic heterocycles. The largest absolute Gasteiger partial charge is 0.378 e. The Balaban J connectivity index is 2.03. The molecule has 2 heterocycles. The van der Waals surface area contributed by atoms with Crippen LogP contribution >= 0.6 is 11.3 Å². The van der Waals surface area contributed by atoms with E-state index in [9.17, 15) is 4.39 Å². The van der Waals surface area contributed by atoms with Crippen molar-refractivity contribution < 1.29 is 4.39 Å². The smallest absolute Gasteiger partial charge is 0.214 e. The molecule has 0 fully saturated rings. The quantitative estimate of drug-likeness (QED) is 0.668. The SMILES string of the molecule is CN(C)c1ccc(-c2nc3ccc([18F])nc3s2)cc1. The summed E-state index contributed by atoms with van der Waals surface area (Å²) in [6.07, 6.45) is 0. The summed E-state index contributed by atoms with van der Waals surface area (Å²) >= 11 is 1.40. The van der Waals surface area contributed by atoms with Gasteiger partial charge >= 0.3 is 0 Å². The predicted octanol–water partition coefficient (Wildman–Crippen LogP) is 3.56. The Morgan fingerprint density at radius 3 is 2.42 bits per heavy atom. The van der Waals surface area contributed by atoms with Crippen molar-refractivity contribution in [3.63, 3.8) is 0 Å². The molecule has 0 atom stereocenters. The highest BCUT2D eigenvalue weighted by molar-refractivity contribution is 7.21. The Hall–Kier alpha value is -2.01. The van der Waals surface area contributed by atoms with Crippen LogP contribution in [0.2, 0.25) is 0 Å². The zero-order valence-corrected chi connectivity index (χ0v) is 11.4. The summed E-state index contributed by atoms with van der Waals surface area (Å²) in [5.74, 6) is -0.467. The molecule has 0 aliphatic heterocycles. The Bertz CT molecular complexity index is 719. The van der Waals surface area contributed by atoms with Crippen LogP contribution in [0.25, 0.3) is 20.9 Å². The summed E-state index contributed by atoms with van der Waals surface area (Å²) in [6, 6.07) is 11.1. The molecule has 0 unspecified atom stereocenters. The maximum atomic E-state index is 13.1. The summed E-state index contributed by atoms with van der Waals surface area (Å²) in [7, 11) is 4.00. The third-order valence-electron chi connectivity index (χ3n) is 2.85. The lowest BCUT2D eigenvalue weighted by molar-refractivity contribution is 0.589. The van der Waals surface area contributed by atoms with Gasteiger partial charge in [-0.3, -0.25) is 0 Å². The normalized spacial score (nSPS) is 10.9. The molecule has 0 bridgehead atoms. The van der Waals surface area contributed by atoms with E-state index in [2.05, 4.69) is 9.97 Å². The number of hydrogen-bond donors (Lipinski definition) is 0. The van der Waals surface area contributed by atoms with Crippen molar-refractivity contribution in [1.29, 1.82) is 0 Å². The standard InChI is InChI=1S/C14H12FN3S/c1-18(2)10-5-3-9(4-6-10)13-16-11-7-8-12(15)17-14(11)19-13/h3-8H,1-2H3/i15-1. The van der Waals surface area contributed by atoms with Gasteiger partial charge in [-0.15, -0.1) is 0 Å². The van der Waals surface area contributed by atoms with Crippen molar-refractivity contribution in [2.24, 2.45) is 0 Å². The summed E-state index contributed by atoms with van der Waals surface area (Å²) < 4.78 is 13.1. The Morgan fingerprint density at radius 1 is 1.00 bits per heavy atom. The first kappa shape index (κ1) is 12.0. The van der Waals surface area contributed by atoms with Crippen molar-refractivity contribution in [1.82, 2.24) is 9.97 Å². The van der Waals surface area contributed by atoms with Gasteiger partial charge in [-0.05, 0) is 36.4 Å². The van der Waals surface area contributed by atoms with E-state index in [4.69, 9.17) is 0 Å². The second kappa shape index (κ2) is 4.59. The molecule has 0 saturated heterocycles. The van der Waals surface area contributed by atoms with Crippen molar-refractivity contribution in [2.45, 2.75) is 0 Å². The van der Waals surface area contributed by atoms with Crippen molar-refractivity contribution in [3.05, 3.63) is 42.3 Å². The number of pyridine rings is 1. The number of benzene rings is 1. The second-order valence-electron chi connectivity index (χ2n) is 4.42. The van der Waals surface area contributed by atoms with Crippen LogP contribution in [0.5, 0.6) is 0 Å². The molecular weight excluding hydrogens is 260 g/mol. The lowest BCUT2D eigenvalue weighted by Crippen LogP contribution is -2.07. The summed E-state index contributed by atoms with van der Waals surface area (Å²) in [4.78, 5) is 11.0. The number of thiazole rings is 1. The first-order chi connectivity index (χ1) is 9.13. The molecule has 0 saturated carbocycles. The minimum absolute atomic E-state index is 0.467. The van der Waals surface area contributed by atoms with Gasteiger partial charge in [0.15, 0.2) is 0 Å². The topological polar surface area (TPSA) is 29.0 Å². The van der Waals surface area contributed by atoms with E-state index in [-0.39, 0.29) is 0 Å². The minimum atomic E-state index is -0.467. The fraction of sp³-hybridized carbons (Fsp3) is 0.143. The highest BCUT2D eigenvalue weighted by atomic mass is 32.1. The van der Waals surface area contributed by atoms with Gasteiger partial charge in [0.05, 0.1) is 0 Å². The molecule has 0 N–H and O–H groups in total. The molecule has 96 valence electrons. The number of nitrogens with zero attached hydrogens (tertiary/aromatic N) is 3. The van der Waals surface area contributed by atoms with Crippen molar-refractivity contribution in [2.75, 3.05) is 19.0 Å². The number of rotatable bonds is 2. The molecule has 0 spiro atoms. The summed E-state index contributed by atoms with van der Waals surface area (Å²) in [5, 5.41) is 0.860. The van der Waals surface area contributed by atoms with Gasteiger partial charge < -0.3 is 4.90 Å². The number of halogens is 1. The van der Waals surface area contributed by atoms with Crippen LogP contribution < -0.4 is 4.90 Å². The monoisotopic (exact) mass is 272 g/mol. The Labute approximate surface area is 114 Å². The van der Waals surface area contributed by atoms with Crippen molar-refractivity contribution in [3.8, 4) is 10.6 Å². The Morgan fingerprint density at radius 2 is 1.74 bits per heavy atom. The second-order valence-corrected chi connectivity index (χ2v) is 5.40. The molecule has 0 amide bonds. The first-order valence-corrected chi connectivity index (χ1v) is 6.66.